The zero-order valence-corrected chi connectivity index (χ0v) is 17.7. The average Bonchev–Trinajstić information content (AvgIpc) is 2.53. The van der Waals surface area contributed by atoms with E-state index in [2.05, 4.69) is 5.32 Å². The lowest BCUT2D eigenvalue weighted by molar-refractivity contribution is -0.114. The van der Waals surface area contributed by atoms with Crippen LogP contribution in [0.4, 0.5) is 5.69 Å². The van der Waals surface area contributed by atoms with Gasteiger partial charge in [-0.2, -0.15) is 0 Å². The minimum atomic E-state index is -3.80. The second-order valence-electron chi connectivity index (χ2n) is 7.13. The third-order valence-corrected chi connectivity index (χ3v) is 6.65. The summed E-state index contributed by atoms with van der Waals surface area (Å²) in [7, 11) is -2.16. The van der Waals surface area contributed by atoms with Crippen molar-refractivity contribution >= 4 is 33.0 Å². The number of halogens is 1. The van der Waals surface area contributed by atoms with Gasteiger partial charge in [0, 0.05) is 25.1 Å². The molecule has 0 atom stereocenters. The second kappa shape index (κ2) is 8.00. The van der Waals surface area contributed by atoms with Gasteiger partial charge in [0.1, 0.15) is 0 Å². The Morgan fingerprint density at radius 2 is 1.78 bits per heavy atom. The lowest BCUT2D eigenvalue weighted by Crippen LogP contribution is -2.23. The molecule has 1 N–H and O–H groups in total. The summed E-state index contributed by atoms with van der Waals surface area (Å²) in [6.07, 6.45) is 0. The topological polar surface area (TPSA) is 72.5 Å². The first-order chi connectivity index (χ1) is 12.5. The molecule has 0 bridgehead atoms. The molecule has 0 spiro atoms. The molecule has 0 unspecified atom stereocenters. The Bertz CT molecular complexity index is 927. The normalized spacial score (nSPS) is 12.1. The van der Waals surface area contributed by atoms with Crippen LogP contribution in [0.15, 0.2) is 46.2 Å². The van der Waals surface area contributed by atoms with E-state index in [1.807, 2.05) is 13.8 Å². The maximum atomic E-state index is 13.1. The summed E-state index contributed by atoms with van der Waals surface area (Å²) >= 11 is 6.25. The third-order valence-electron chi connectivity index (χ3n) is 4.27. The Balaban J connectivity index is 2.46. The quantitative estimate of drug-likeness (QED) is 0.769. The molecule has 2 aromatic rings. The van der Waals surface area contributed by atoms with Crippen LogP contribution < -0.4 is 5.32 Å². The van der Waals surface area contributed by atoms with Crippen LogP contribution in [0.3, 0.4) is 0 Å². The summed E-state index contributed by atoms with van der Waals surface area (Å²) in [5, 5.41) is 2.68. The van der Waals surface area contributed by atoms with E-state index in [9.17, 15) is 13.2 Å². The zero-order valence-electron chi connectivity index (χ0n) is 16.1. The molecule has 0 saturated heterocycles. The van der Waals surface area contributed by atoms with Crippen molar-refractivity contribution < 1.29 is 17.9 Å². The first-order valence-electron chi connectivity index (χ1n) is 8.41. The average molecular weight is 410 g/mol. The summed E-state index contributed by atoms with van der Waals surface area (Å²) in [5.41, 5.74) is 1.67. The van der Waals surface area contributed by atoms with Gasteiger partial charge >= 0.3 is 0 Å². The molecule has 0 radical (unpaired) electrons. The molecule has 0 aliphatic carbocycles. The van der Waals surface area contributed by atoms with Crippen LogP contribution in [0.1, 0.15) is 31.9 Å². The number of anilines is 1. The van der Waals surface area contributed by atoms with Crippen LogP contribution >= 0.6 is 11.6 Å². The number of hydrogen-bond donors (Lipinski definition) is 1. The van der Waals surface area contributed by atoms with Crippen LogP contribution in [0.5, 0.6) is 0 Å². The van der Waals surface area contributed by atoms with E-state index in [-0.39, 0.29) is 26.1 Å². The fraction of sp³-hybridized carbons (Fsp3) is 0.350. The highest BCUT2D eigenvalue weighted by Crippen LogP contribution is 2.34. The van der Waals surface area contributed by atoms with Gasteiger partial charge in [-0.25, -0.2) is 8.42 Å². The molecule has 2 rings (SSSR count). The highest BCUT2D eigenvalue weighted by atomic mass is 35.5. The summed E-state index contributed by atoms with van der Waals surface area (Å²) in [6, 6.07) is 9.79. The molecule has 7 heteroatoms. The van der Waals surface area contributed by atoms with E-state index < -0.39 is 9.84 Å². The molecule has 27 heavy (non-hydrogen) atoms. The van der Waals surface area contributed by atoms with Crippen molar-refractivity contribution in [3.05, 3.63) is 52.5 Å². The largest absolute Gasteiger partial charge is 0.384 e. The van der Waals surface area contributed by atoms with Gasteiger partial charge in [0.05, 0.1) is 21.4 Å². The van der Waals surface area contributed by atoms with Crippen molar-refractivity contribution in [2.45, 2.75) is 42.9 Å². The Morgan fingerprint density at radius 1 is 1.19 bits per heavy atom. The summed E-state index contributed by atoms with van der Waals surface area (Å²) < 4.78 is 31.4. The maximum Gasteiger partial charge on any atom is 0.221 e. The fourth-order valence-electron chi connectivity index (χ4n) is 2.99. The van der Waals surface area contributed by atoms with E-state index in [1.54, 1.807) is 44.4 Å². The van der Waals surface area contributed by atoms with E-state index in [4.69, 9.17) is 16.3 Å². The maximum absolute atomic E-state index is 13.1. The molecule has 146 valence electrons. The number of methoxy groups -OCH3 is 1. The predicted octanol–water partition coefficient (Wildman–Crippen LogP) is 4.36. The molecule has 1 amide bonds. The number of carbonyl (C=O) groups is 1. The highest BCUT2D eigenvalue weighted by Gasteiger charge is 2.26. The van der Waals surface area contributed by atoms with Crippen molar-refractivity contribution in [3.8, 4) is 0 Å². The van der Waals surface area contributed by atoms with Crippen LogP contribution in [0.2, 0.25) is 5.02 Å². The molecule has 5 nitrogen and oxygen atoms in total. The van der Waals surface area contributed by atoms with E-state index in [0.29, 0.717) is 17.9 Å². The van der Waals surface area contributed by atoms with Gasteiger partial charge < -0.3 is 10.1 Å². The lowest BCUT2D eigenvalue weighted by atomic mass is 9.86. The van der Waals surface area contributed by atoms with Crippen molar-refractivity contribution in [2.24, 2.45) is 0 Å². The van der Waals surface area contributed by atoms with Crippen LogP contribution in [-0.2, 0) is 24.8 Å². The molecular formula is C20H24ClNO4S. The SMILES string of the molecule is COCC(C)(C)c1ccc(S(=O)(=O)c2c(C)cc(NC(C)=O)cc2Cl)cc1. The molecular weight excluding hydrogens is 386 g/mol. The second-order valence-corrected chi connectivity index (χ2v) is 9.42. The van der Waals surface area contributed by atoms with Crippen LogP contribution in [0.25, 0.3) is 0 Å². The number of aryl methyl sites for hydroxylation is 1. The molecule has 0 aliphatic rings. The van der Waals surface area contributed by atoms with Gasteiger partial charge in [0.25, 0.3) is 0 Å². The number of hydrogen-bond acceptors (Lipinski definition) is 4. The minimum absolute atomic E-state index is 0.0437. The van der Waals surface area contributed by atoms with Crippen molar-refractivity contribution in [3.63, 3.8) is 0 Å². The highest BCUT2D eigenvalue weighted by molar-refractivity contribution is 7.91. The zero-order chi connectivity index (χ0) is 20.4. The number of amides is 1. The van der Waals surface area contributed by atoms with Crippen molar-refractivity contribution in [2.75, 3.05) is 19.0 Å². The smallest absolute Gasteiger partial charge is 0.221 e. The standard InChI is InChI=1S/C20H24ClNO4S/c1-13-10-16(22-14(2)23)11-18(21)19(13)27(24,25)17-8-6-15(7-9-17)20(3,4)12-26-5/h6-11H,12H2,1-5H3,(H,22,23). The van der Waals surface area contributed by atoms with E-state index in [1.165, 1.54) is 13.0 Å². The Kier molecular flexibility index (Phi) is 6.35. The third kappa shape index (κ3) is 4.69. The van der Waals surface area contributed by atoms with E-state index >= 15 is 0 Å². The Labute approximate surface area is 165 Å². The minimum Gasteiger partial charge on any atom is -0.384 e. The molecule has 0 fully saturated rings. The number of sulfone groups is 1. The van der Waals surface area contributed by atoms with Crippen LogP contribution in [-0.4, -0.2) is 28.0 Å². The number of carbonyl (C=O) groups excluding carboxylic acids is 1. The lowest BCUT2D eigenvalue weighted by Gasteiger charge is -2.24. The Morgan fingerprint density at radius 3 is 2.26 bits per heavy atom. The summed E-state index contributed by atoms with van der Waals surface area (Å²) in [6.45, 7) is 7.61. The first kappa shape index (κ1) is 21.4. The number of nitrogens with one attached hydrogen (secondary N) is 1. The van der Waals surface area contributed by atoms with E-state index in [0.717, 1.165) is 5.56 Å². The molecule has 0 heterocycles. The van der Waals surface area contributed by atoms with Gasteiger partial charge in [0.2, 0.25) is 15.7 Å². The molecule has 0 aromatic heterocycles. The predicted molar refractivity (Wildman–Crippen MR) is 107 cm³/mol. The van der Waals surface area contributed by atoms with Gasteiger partial charge in [-0.3, -0.25) is 4.79 Å². The van der Waals surface area contributed by atoms with Gasteiger partial charge in [0.15, 0.2) is 0 Å². The fourth-order valence-corrected chi connectivity index (χ4v) is 5.09. The van der Waals surface area contributed by atoms with Crippen LogP contribution in [0, 0.1) is 6.92 Å². The van der Waals surface area contributed by atoms with Crippen molar-refractivity contribution in [1.29, 1.82) is 0 Å². The number of rotatable bonds is 6. The Hall–Kier alpha value is -1.89. The molecule has 0 saturated carbocycles. The number of benzene rings is 2. The number of ether oxygens (including phenoxy) is 1. The monoisotopic (exact) mass is 409 g/mol. The summed E-state index contributed by atoms with van der Waals surface area (Å²) in [5.74, 6) is -0.254. The van der Waals surface area contributed by atoms with Gasteiger partial charge in [-0.15, -0.1) is 0 Å². The van der Waals surface area contributed by atoms with Gasteiger partial charge in [-0.1, -0.05) is 37.6 Å². The summed E-state index contributed by atoms with van der Waals surface area (Å²) in [4.78, 5) is 11.4. The molecule has 0 aliphatic heterocycles. The van der Waals surface area contributed by atoms with Gasteiger partial charge in [-0.05, 0) is 42.3 Å². The van der Waals surface area contributed by atoms with Crippen molar-refractivity contribution in [1.82, 2.24) is 0 Å². The first-order valence-corrected chi connectivity index (χ1v) is 10.3. The molecule has 2 aromatic carbocycles.